The van der Waals surface area contributed by atoms with Crippen LogP contribution in [0.4, 0.5) is 0 Å². The molecule has 1 heterocycles. The zero-order valence-electron chi connectivity index (χ0n) is 12.1. The average Bonchev–Trinajstić information content (AvgIpc) is 2.61. The van der Waals surface area contributed by atoms with E-state index in [9.17, 15) is 4.79 Å². The lowest BCUT2D eigenvalue weighted by molar-refractivity contribution is -0.123. The number of hydrogen-bond acceptors (Lipinski definition) is 3. The Morgan fingerprint density at radius 2 is 2.11 bits per heavy atom. The van der Waals surface area contributed by atoms with Gasteiger partial charge in [-0.1, -0.05) is 11.6 Å². The maximum atomic E-state index is 11.3. The number of nitrogens with one attached hydrogen (secondary N) is 1. The number of aromatic nitrogens is 2. The Morgan fingerprint density at radius 1 is 1.47 bits per heavy atom. The van der Waals surface area contributed by atoms with Gasteiger partial charge in [0.25, 0.3) is 0 Å². The second kappa shape index (κ2) is 6.39. The van der Waals surface area contributed by atoms with Crippen LogP contribution in [0.25, 0.3) is 0 Å². The number of likely N-dealkylation sites (N-methyl/N-ethyl adjacent to an activating group) is 1. The summed E-state index contributed by atoms with van der Waals surface area (Å²) in [5, 5.41) is 8.09. The number of aryl methyl sites for hydroxylation is 2. The first-order valence-corrected chi connectivity index (χ1v) is 6.88. The first kappa shape index (κ1) is 16.0. The van der Waals surface area contributed by atoms with E-state index < -0.39 is 5.54 Å². The van der Waals surface area contributed by atoms with E-state index in [0.717, 1.165) is 35.8 Å². The summed E-state index contributed by atoms with van der Waals surface area (Å²) in [5.41, 5.74) is 6.60. The molecule has 0 aliphatic carbocycles. The number of primary amides is 1. The van der Waals surface area contributed by atoms with Crippen LogP contribution in [0.15, 0.2) is 0 Å². The predicted molar refractivity (Wildman–Crippen MR) is 77.2 cm³/mol. The summed E-state index contributed by atoms with van der Waals surface area (Å²) in [4.78, 5) is 11.3. The molecular weight excluding hydrogens is 264 g/mol. The average molecular weight is 287 g/mol. The number of amides is 1. The van der Waals surface area contributed by atoms with Gasteiger partial charge in [0.2, 0.25) is 5.91 Å². The third-order valence-corrected chi connectivity index (χ3v) is 4.23. The van der Waals surface area contributed by atoms with Crippen molar-refractivity contribution in [2.45, 2.75) is 52.1 Å². The van der Waals surface area contributed by atoms with Gasteiger partial charge in [0.15, 0.2) is 0 Å². The Balaban J connectivity index is 2.47. The van der Waals surface area contributed by atoms with Gasteiger partial charge in [-0.05, 0) is 47.1 Å². The van der Waals surface area contributed by atoms with Gasteiger partial charge in [-0.3, -0.25) is 9.48 Å². The van der Waals surface area contributed by atoms with Crippen LogP contribution in [0.5, 0.6) is 0 Å². The molecule has 0 aliphatic heterocycles. The molecule has 3 N–H and O–H groups in total. The molecular formula is C13H23ClN4O. The summed E-state index contributed by atoms with van der Waals surface area (Å²) in [6.07, 6.45) is 2.55. The molecule has 5 nitrogen and oxygen atoms in total. The van der Waals surface area contributed by atoms with Crippen LogP contribution in [0, 0.1) is 13.8 Å². The van der Waals surface area contributed by atoms with Crippen molar-refractivity contribution in [2.24, 2.45) is 5.73 Å². The smallest absolute Gasteiger partial charge is 0.237 e. The zero-order valence-corrected chi connectivity index (χ0v) is 12.8. The number of nitrogens with zero attached hydrogens (tertiary/aromatic N) is 2. The predicted octanol–water partition coefficient (Wildman–Crippen LogP) is 1.79. The minimum Gasteiger partial charge on any atom is -0.368 e. The lowest BCUT2D eigenvalue weighted by Gasteiger charge is -2.25. The third kappa shape index (κ3) is 3.70. The fraction of sp³-hybridized carbons (Fsp3) is 0.692. The summed E-state index contributed by atoms with van der Waals surface area (Å²) in [7, 11) is 1.76. The highest BCUT2D eigenvalue weighted by Gasteiger charge is 2.27. The number of rotatable bonds is 7. The summed E-state index contributed by atoms with van der Waals surface area (Å²) < 4.78 is 1.92. The second-order valence-electron chi connectivity index (χ2n) is 5.11. The second-order valence-corrected chi connectivity index (χ2v) is 5.49. The van der Waals surface area contributed by atoms with Crippen molar-refractivity contribution in [1.82, 2.24) is 15.1 Å². The lowest BCUT2D eigenvalue weighted by Crippen LogP contribution is -2.51. The molecule has 1 unspecified atom stereocenters. The normalized spacial score (nSPS) is 14.4. The van der Waals surface area contributed by atoms with Gasteiger partial charge in [0, 0.05) is 6.54 Å². The summed E-state index contributed by atoms with van der Waals surface area (Å²) in [6, 6.07) is 0. The van der Waals surface area contributed by atoms with Crippen LogP contribution in [0.1, 0.15) is 37.6 Å². The summed E-state index contributed by atoms with van der Waals surface area (Å²) in [6.45, 7) is 6.49. The Bertz CT molecular complexity index is 458. The zero-order chi connectivity index (χ0) is 14.6. The van der Waals surface area contributed by atoms with Crippen molar-refractivity contribution in [3.8, 4) is 0 Å². The monoisotopic (exact) mass is 286 g/mol. The van der Waals surface area contributed by atoms with Crippen LogP contribution in [0.2, 0.25) is 5.02 Å². The standard InChI is InChI=1S/C13H23ClN4O/c1-9-11(14)10(2)18(17-9)8-6-5-7-13(3,16-4)12(15)19/h16H,5-8H2,1-4H3,(H2,15,19). The highest BCUT2D eigenvalue weighted by Crippen LogP contribution is 2.20. The number of carbonyl (C=O) groups is 1. The Kier molecular flexibility index (Phi) is 5.38. The molecule has 108 valence electrons. The number of nitrogens with two attached hydrogens (primary N) is 1. The minimum atomic E-state index is -0.632. The number of unbranched alkanes of at least 4 members (excludes halogenated alkanes) is 1. The van der Waals surface area contributed by atoms with Crippen molar-refractivity contribution in [3.63, 3.8) is 0 Å². The molecule has 0 aromatic carbocycles. The molecule has 0 spiro atoms. The van der Waals surface area contributed by atoms with Gasteiger partial charge in [-0.15, -0.1) is 0 Å². The first-order chi connectivity index (χ1) is 8.81. The molecule has 0 aliphatic rings. The highest BCUT2D eigenvalue weighted by atomic mass is 35.5. The van der Waals surface area contributed by atoms with Crippen molar-refractivity contribution >= 4 is 17.5 Å². The molecule has 0 radical (unpaired) electrons. The Morgan fingerprint density at radius 3 is 2.53 bits per heavy atom. The van der Waals surface area contributed by atoms with Crippen LogP contribution in [-0.2, 0) is 11.3 Å². The quantitative estimate of drug-likeness (QED) is 0.751. The van der Waals surface area contributed by atoms with Crippen LogP contribution < -0.4 is 11.1 Å². The molecule has 1 amide bonds. The number of carbonyl (C=O) groups excluding carboxylic acids is 1. The Labute approximate surface area is 119 Å². The topological polar surface area (TPSA) is 72.9 Å². The maximum Gasteiger partial charge on any atom is 0.237 e. The third-order valence-electron chi connectivity index (χ3n) is 3.69. The van der Waals surface area contributed by atoms with E-state index >= 15 is 0 Å². The van der Waals surface area contributed by atoms with Crippen LogP contribution in [0.3, 0.4) is 0 Å². The SMILES string of the molecule is CNC(C)(CCCCn1nc(C)c(Cl)c1C)C(N)=O. The van der Waals surface area contributed by atoms with E-state index in [2.05, 4.69) is 10.4 Å². The minimum absolute atomic E-state index is 0.316. The maximum absolute atomic E-state index is 11.3. The van der Waals surface area contributed by atoms with Crippen LogP contribution in [-0.4, -0.2) is 28.3 Å². The van der Waals surface area contributed by atoms with Crippen molar-refractivity contribution in [1.29, 1.82) is 0 Å². The fourth-order valence-corrected chi connectivity index (χ4v) is 2.14. The molecule has 6 heteroatoms. The fourth-order valence-electron chi connectivity index (χ4n) is 2.00. The molecule has 1 aromatic heterocycles. The van der Waals surface area contributed by atoms with Gasteiger partial charge in [-0.25, -0.2) is 0 Å². The van der Waals surface area contributed by atoms with Crippen molar-refractivity contribution < 1.29 is 4.79 Å². The Hall–Kier alpha value is -1.07. The number of hydrogen-bond donors (Lipinski definition) is 2. The van der Waals surface area contributed by atoms with Gasteiger partial charge >= 0.3 is 0 Å². The van der Waals surface area contributed by atoms with Gasteiger partial charge < -0.3 is 11.1 Å². The van der Waals surface area contributed by atoms with Gasteiger partial charge in [-0.2, -0.15) is 5.10 Å². The molecule has 1 atom stereocenters. The van der Waals surface area contributed by atoms with E-state index in [1.54, 1.807) is 7.05 Å². The number of halogens is 1. The van der Waals surface area contributed by atoms with Crippen molar-refractivity contribution in [3.05, 3.63) is 16.4 Å². The molecule has 0 saturated heterocycles. The van der Waals surface area contributed by atoms with E-state index in [4.69, 9.17) is 17.3 Å². The van der Waals surface area contributed by atoms with E-state index in [0.29, 0.717) is 6.42 Å². The molecule has 0 fully saturated rings. The largest absolute Gasteiger partial charge is 0.368 e. The van der Waals surface area contributed by atoms with Gasteiger partial charge in [0.05, 0.1) is 21.9 Å². The molecule has 1 aromatic rings. The van der Waals surface area contributed by atoms with Crippen molar-refractivity contribution in [2.75, 3.05) is 7.05 Å². The summed E-state index contributed by atoms with van der Waals surface area (Å²) in [5.74, 6) is -0.316. The molecule has 19 heavy (non-hydrogen) atoms. The van der Waals surface area contributed by atoms with Gasteiger partial charge in [0.1, 0.15) is 0 Å². The highest BCUT2D eigenvalue weighted by molar-refractivity contribution is 6.31. The molecule has 0 saturated carbocycles. The van der Waals surface area contributed by atoms with E-state index in [1.807, 2.05) is 25.5 Å². The molecule has 0 bridgehead atoms. The van der Waals surface area contributed by atoms with E-state index in [1.165, 1.54) is 0 Å². The molecule has 1 rings (SSSR count). The lowest BCUT2D eigenvalue weighted by atomic mass is 9.94. The summed E-state index contributed by atoms with van der Waals surface area (Å²) >= 11 is 6.09. The van der Waals surface area contributed by atoms with E-state index in [-0.39, 0.29) is 5.91 Å². The first-order valence-electron chi connectivity index (χ1n) is 6.50. The van der Waals surface area contributed by atoms with Crippen LogP contribution >= 0.6 is 11.6 Å².